The zero-order valence-electron chi connectivity index (χ0n) is 12.3. The topological polar surface area (TPSA) is 52.3 Å². The van der Waals surface area contributed by atoms with Crippen molar-refractivity contribution < 1.29 is 13.9 Å². The number of methoxy groups -OCH3 is 1. The number of nitrogens with two attached hydrogens (primary N) is 1. The zero-order chi connectivity index (χ0) is 15.6. The maximum atomic E-state index is 14.0. The lowest BCUT2D eigenvalue weighted by Gasteiger charge is -2.21. The first kappa shape index (κ1) is 15.0. The molecule has 0 aliphatic carbocycles. The molecule has 3 nitrogen and oxygen atoms in total. The van der Waals surface area contributed by atoms with E-state index in [9.17, 15) is 9.18 Å². The summed E-state index contributed by atoms with van der Waals surface area (Å²) in [5, 5.41) is 0. The van der Waals surface area contributed by atoms with Gasteiger partial charge >= 0.3 is 0 Å². The third-order valence-corrected chi connectivity index (χ3v) is 3.71. The second-order valence-corrected chi connectivity index (χ2v) is 5.38. The van der Waals surface area contributed by atoms with Crippen molar-refractivity contribution in [3.63, 3.8) is 0 Å². The van der Waals surface area contributed by atoms with E-state index in [-0.39, 0.29) is 5.82 Å². The Balaban J connectivity index is 2.48. The average Bonchev–Trinajstić information content (AvgIpc) is 2.47. The molecule has 4 heteroatoms. The lowest BCUT2D eigenvalue weighted by atomic mass is 9.83. The number of hydrogen-bond donors (Lipinski definition) is 1. The van der Waals surface area contributed by atoms with Crippen LogP contribution in [0.5, 0.6) is 5.75 Å². The number of halogens is 1. The molecule has 0 aromatic heterocycles. The van der Waals surface area contributed by atoms with E-state index in [4.69, 9.17) is 10.5 Å². The van der Waals surface area contributed by atoms with Gasteiger partial charge in [0.15, 0.2) is 0 Å². The fraction of sp³-hybridized carbons (Fsp3) is 0.235. The van der Waals surface area contributed by atoms with Gasteiger partial charge in [-0.25, -0.2) is 4.39 Å². The zero-order valence-corrected chi connectivity index (χ0v) is 12.3. The first-order chi connectivity index (χ1) is 9.87. The van der Waals surface area contributed by atoms with Crippen molar-refractivity contribution in [3.8, 4) is 16.9 Å². The molecule has 2 N–H and O–H groups in total. The lowest BCUT2D eigenvalue weighted by Crippen LogP contribution is -2.35. The van der Waals surface area contributed by atoms with Gasteiger partial charge in [-0.15, -0.1) is 0 Å². The monoisotopic (exact) mass is 287 g/mol. The highest BCUT2D eigenvalue weighted by atomic mass is 19.1. The molecular weight excluding hydrogens is 269 g/mol. The first-order valence-electron chi connectivity index (χ1n) is 6.61. The van der Waals surface area contributed by atoms with Crippen LogP contribution in [0.2, 0.25) is 0 Å². The number of rotatable bonds is 4. The van der Waals surface area contributed by atoms with Gasteiger partial charge in [-0.3, -0.25) is 4.79 Å². The quantitative estimate of drug-likeness (QED) is 0.938. The second-order valence-electron chi connectivity index (χ2n) is 5.38. The molecule has 0 radical (unpaired) electrons. The van der Waals surface area contributed by atoms with Crippen molar-refractivity contribution in [2.45, 2.75) is 19.3 Å². The van der Waals surface area contributed by atoms with Crippen LogP contribution in [0.4, 0.5) is 4.39 Å². The Morgan fingerprint density at radius 1 is 1.14 bits per heavy atom. The molecule has 0 saturated heterocycles. The van der Waals surface area contributed by atoms with Crippen LogP contribution in [-0.2, 0) is 10.2 Å². The minimum Gasteiger partial charge on any atom is -0.496 e. The maximum absolute atomic E-state index is 14.0. The summed E-state index contributed by atoms with van der Waals surface area (Å²) in [5.74, 6) is -0.285. The van der Waals surface area contributed by atoms with Gasteiger partial charge in [0, 0.05) is 0 Å². The summed E-state index contributed by atoms with van der Waals surface area (Å²) in [6.07, 6.45) is 0. The molecule has 1 amide bonds. The van der Waals surface area contributed by atoms with Crippen LogP contribution in [0.3, 0.4) is 0 Å². The summed E-state index contributed by atoms with van der Waals surface area (Å²) in [5.41, 5.74) is 6.52. The second kappa shape index (κ2) is 5.56. The average molecular weight is 287 g/mol. The third-order valence-electron chi connectivity index (χ3n) is 3.71. The van der Waals surface area contributed by atoms with Crippen molar-refractivity contribution in [2.75, 3.05) is 7.11 Å². The first-order valence-corrected chi connectivity index (χ1v) is 6.61. The molecule has 21 heavy (non-hydrogen) atoms. The van der Waals surface area contributed by atoms with Crippen LogP contribution >= 0.6 is 0 Å². The van der Waals surface area contributed by atoms with Crippen LogP contribution in [0, 0.1) is 5.82 Å². The molecule has 2 aromatic rings. The minimum atomic E-state index is -0.766. The summed E-state index contributed by atoms with van der Waals surface area (Å²) < 4.78 is 19.2. The number of benzene rings is 2. The van der Waals surface area contributed by atoms with Crippen LogP contribution in [0.1, 0.15) is 19.4 Å². The highest BCUT2D eigenvalue weighted by Crippen LogP contribution is 2.33. The Hall–Kier alpha value is -2.36. The number of hydrogen-bond acceptors (Lipinski definition) is 2. The predicted octanol–water partition coefficient (Wildman–Crippen LogP) is 3.26. The molecule has 0 atom stereocenters. The van der Waals surface area contributed by atoms with Gasteiger partial charge in [0.05, 0.1) is 18.1 Å². The van der Waals surface area contributed by atoms with Gasteiger partial charge in [0.1, 0.15) is 11.6 Å². The number of carbonyl (C=O) groups excluding carboxylic acids is 1. The van der Waals surface area contributed by atoms with E-state index in [2.05, 4.69) is 0 Å². The summed E-state index contributed by atoms with van der Waals surface area (Å²) in [7, 11) is 1.50. The van der Waals surface area contributed by atoms with E-state index in [1.165, 1.54) is 13.2 Å². The Labute approximate surface area is 123 Å². The molecule has 2 aromatic carbocycles. The molecule has 0 fully saturated rings. The van der Waals surface area contributed by atoms with Crippen LogP contribution in [0.25, 0.3) is 11.1 Å². The van der Waals surface area contributed by atoms with Gasteiger partial charge in [-0.05, 0) is 37.1 Å². The molecule has 0 heterocycles. The van der Waals surface area contributed by atoms with Crippen LogP contribution < -0.4 is 10.5 Å². The van der Waals surface area contributed by atoms with E-state index < -0.39 is 11.3 Å². The van der Waals surface area contributed by atoms with E-state index in [0.717, 1.165) is 5.56 Å². The highest BCUT2D eigenvalue weighted by molar-refractivity contribution is 5.86. The minimum absolute atomic E-state index is 0.351. The Kier molecular flexibility index (Phi) is 3.98. The highest BCUT2D eigenvalue weighted by Gasteiger charge is 2.27. The third kappa shape index (κ3) is 2.75. The molecule has 0 aliphatic heterocycles. The molecule has 0 bridgehead atoms. The summed E-state index contributed by atoms with van der Waals surface area (Å²) in [6, 6.07) is 11.8. The number of amides is 1. The fourth-order valence-electron chi connectivity index (χ4n) is 2.15. The number of carbonyl (C=O) groups is 1. The number of ether oxygens (including phenoxy) is 1. The van der Waals surface area contributed by atoms with Crippen molar-refractivity contribution in [1.29, 1.82) is 0 Å². The van der Waals surface area contributed by atoms with Gasteiger partial charge in [0.2, 0.25) is 5.91 Å². The smallest absolute Gasteiger partial charge is 0.227 e. The van der Waals surface area contributed by atoms with Crippen molar-refractivity contribution in [1.82, 2.24) is 0 Å². The Bertz CT molecular complexity index is 663. The van der Waals surface area contributed by atoms with Gasteiger partial charge < -0.3 is 10.5 Å². The Morgan fingerprint density at radius 2 is 1.76 bits per heavy atom. The van der Waals surface area contributed by atoms with Gasteiger partial charge in [0.25, 0.3) is 0 Å². The largest absolute Gasteiger partial charge is 0.496 e. The lowest BCUT2D eigenvalue weighted by molar-refractivity contribution is -0.122. The summed E-state index contributed by atoms with van der Waals surface area (Å²) in [4.78, 5) is 11.5. The predicted molar refractivity (Wildman–Crippen MR) is 80.6 cm³/mol. The molecule has 2 rings (SSSR count). The molecular formula is C17H18FNO2. The molecule has 0 saturated carbocycles. The summed E-state index contributed by atoms with van der Waals surface area (Å²) in [6.45, 7) is 3.52. The number of primary amides is 1. The van der Waals surface area contributed by atoms with Crippen molar-refractivity contribution in [3.05, 3.63) is 53.8 Å². The van der Waals surface area contributed by atoms with E-state index in [1.54, 1.807) is 50.2 Å². The van der Waals surface area contributed by atoms with Crippen LogP contribution in [0.15, 0.2) is 42.5 Å². The van der Waals surface area contributed by atoms with E-state index in [0.29, 0.717) is 16.9 Å². The fourth-order valence-corrected chi connectivity index (χ4v) is 2.15. The molecule has 0 spiro atoms. The van der Waals surface area contributed by atoms with Crippen molar-refractivity contribution in [2.24, 2.45) is 5.73 Å². The van der Waals surface area contributed by atoms with Crippen molar-refractivity contribution >= 4 is 5.91 Å². The molecule has 0 aliphatic rings. The van der Waals surface area contributed by atoms with Gasteiger partial charge in [-0.1, -0.05) is 30.3 Å². The maximum Gasteiger partial charge on any atom is 0.227 e. The standard InChI is InChI=1S/C17H18FNO2/c1-17(2,16(19)20)12-9-7-11(8-10-12)15-13(18)5-4-6-14(15)21-3/h4-10H,1-3H3,(H2,19,20). The van der Waals surface area contributed by atoms with E-state index >= 15 is 0 Å². The molecule has 110 valence electrons. The van der Waals surface area contributed by atoms with E-state index in [1.807, 2.05) is 0 Å². The van der Waals surface area contributed by atoms with Crippen LogP contribution in [-0.4, -0.2) is 13.0 Å². The van der Waals surface area contributed by atoms with Gasteiger partial charge in [-0.2, -0.15) is 0 Å². The Morgan fingerprint density at radius 3 is 2.29 bits per heavy atom. The SMILES string of the molecule is COc1cccc(F)c1-c1ccc(C(C)(C)C(N)=O)cc1. The molecule has 0 unspecified atom stereocenters. The summed E-state index contributed by atoms with van der Waals surface area (Å²) >= 11 is 0. The normalized spacial score (nSPS) is 11.2.